The highest BCUT2D eigenvalue weighted by molar-refractivity contribution is 5.96. The van der Waals surface area contributed by atoms with Crippen LogP contribution >= 0.6 is 0 Å². The zero-order chi connectivity index (χ0) is 17.8. The van der Waals surface area contributed by atoms with Gasteiger partial charge in [0, 0.05) is 19.2 Å². The molecule has 2 heterocycles. The smallest absolute Gasteiger partial charge is 0.181 e. The molecule has 130 valence electrons. The average Bonchev–Trinajstić information content (AvgIpc) is 2.97. The van der Waals surface area contributed by atoms with E-state index in [2.05, 4.69) is 4.98 Å². The molecular weight excluding hydrogens is 316 g/mol. The van der Waals surface area contributed by atoms with Crippen LogP contribution in [0.4, 0.5) is 0 Å². The Balaban J connectivity index is 1.89. The second-order valence-corrected chi connectivity index (χ2v) is 6.30. The number of aliphatic hydroxyl groups excluding tert-OH is 1. The number of hydrogen-bond acceptors (Lipinski definition) is 4. The van der Waals surface area contributed by atoms with E-state index >= 15 is 0 Å². The number of rotatable bonds is 7. The summed E-state index contributed by atoms with van der Waals surface area (Å²) in [6.07, 6.45) is 2.11. The molecule has 0 fully saturated rings. The quantitative estimate of drug-likeness (QED) is 0.671. The number of benzene rings is 1. The summed E-state index contributed by atoms with van der Waals surface area (Å²) >= 11 is 0. The van der Waals surface area contributed by atoms with Crippen molar-refractivity contribution in [2.75, 3.05) is 6.61 Å². The number of aliphatic hydroxyl groups is 1. The third kappa shape index (κ3) is 3.72. The number of carbonyl (C=O) groups is 1. The van der Waals surface area contributed by atoms with Gasteiger partial charge in [-0.1, -0.05) is 37.3 Å². The normalized spacial score (nSPS) is 12.3. The van der Waals surface area contributed by atoms with E-state index in [-0.39, 0.29) is 18.3 Å². The SMILES string of the molecule is Cc1nc2c(OCc3ccccc3)cccn2c1C(=O)C[C@@H](C)CO. The largest absolute Gasteiger partial charge is 0.485 e. The monoisotopic (exact) mass is 338 g/mol. The minimum atomic E-state index is -0.0741. The van der Waals surface area contributed by atoms with Gasteiger partial charge in [0.05, 0.1) is 5.69 Å². The molecule has 0 saturated carbocycles. The highest BCUT2D eigenvalue weighted by atomic mass is 16.5. The first-order chi connectivity index (χ1) is 12.1. The predicted molar refractivity (Wildman–Crippen MR) is 95.9 cm³/mol. The molecule has 25 heavy (non-hydrogen) atoms. The summed E-state index contributed by atoms with van der Waals surface area (Å²) in [4.78, 5) is 17.1. The molecule has 3 aromatic rings. The van der Waals surface area contributed by atoms with Crippen LogP contribution in [0.5, 0.6) is 5.75 Å². The first-order valence-corrected chi connectivity index (χ1v) is 8.38. The van der Waals surface area contributed by atoms with E-state index < -0.39 is 0 Å². The molecule has 5 nitrogen and oxygen atoms in total. The summed E-state index contributed by atoms with van der Waals surface area (Å²) in [6, 6.07) is 13.6. The lowest BCUT2D eigenvalue weighted by molar-refractivity contribution is 0.0937. The van der Waals surface area contributed by atoms with Crippen molar-refractivity contribution in [3.05, 3.63) is 65.6 Å². The molecule has 0 aliphatic carbocycles. The Morgan fingerprint density at radius 1 is 1.24 bits per heavy atom. The lowest BCUT2D eigenvalue weighted by Gasteiger charge is -2.09. The van der Waals surface area contributed by atoms with Crippen molar-refractivity contribution in [2.24, 2.45) is 5.92 Å². The minimum absolute atomic E-state index is 0.00698. The minimum Gasteiger partial charge on any atom is -0.485 e. The van der Waals surface area contributed by atoms with Gasteiger partial charge in [-0.2, -0.15) is 0 Å². The maximum absolute atomic E-state index is 12.6. The van der Waals surface area contributed by atoms with Crippen LogP contribution in [0, 0.1) is 12.8 Å². The van der Waals surface area contributed by atoms with Gasteiger partial charge in [-0.15, -0.1) is 0 Å². The topological polar surface area (TPSA) is 63.8 Å². The van der Waals surface area contributed by atoms with E-state index in [1.54, 1.807) is 4.40 Å². The van der Waals surface area contributed by atoms with Crippen molar-refractivity contribution in [2.45, 2.75) is 26.9 Å². The van der Waals surface area contributed by atoms with Crippen molar-refractivity contribution >= 4 is 11.4 Å². The lowest BCUT2D eigenvalue weighted by atomic mass is 10.0. The second-order valence-electron chi connectivity index (χ2n) is 6.30. The Hall–Kier alpha value is -2.66. The molecule has 3 rings (SSSR count). The summed E-state index contributed by atoms with van der Waals surface area (Å²) in [5, 5.41) is 9.19. The summed E-state index contributed by atoms with van der Waals surface area (Å²) in [5.74, 6) is 0.547. The molecule has 0 spiro atoms. The van der Waals surface area contributed by atoms with Crippen LogP contribution in [0.3, 0.4) is 0 Å². The van der Waals surface area contributed by atoms with Crippen molar-refractivity contribution in [3.8, 4) is 5.75 Å². The van der Waals surface area contributed by atoms with Gasteiger partial charge in [0.25, 0.3) is 0 Å². The molecule has 1 aromatic carbocycles. The van der Waals surface area contributed by atoms with Crippen molar-refractivity contribution < 1.29 is 14.6 Å². The number of Topliss-reactive ketones (excluding diaryl/α,β-unsaturated/α-hetero) is 1. The fourth-order valence-electron chi connectivity index (χ4n) is 2.82. The number of imidazole rings is 1. The first kappa shape index (κ1) is 17.2. The molecular formula is C20H22N2O3. The van der Waals surface area contributed by atoms with Gasteiger partial charge in [0.1, 0.15) is 12.3 Å². The van der Waals surface area contributed by atoms with Gasteiger partial charge in [0.2, 0.25) is 0 Å². The van der Waals surface area contributed by atoms with E-state index in [1.165, 1.54) is 0 Å². The van der Waals surface area contributed by atoms with Gasteiger partial charge in [-0.25, -0.2) is 4.98 Å². The number of aromatic nitrogens is 2. The second kappa shape index (κ2) is 7.49. The zero-order valence-electron chi connectivity index (χ0n) is 14.5. The van der Waals surface area contributed by atoms with Crippen LogP contribution in [0.25, 0.3) is 5.65 Å². The molecule has 0 bridgehead atoms. The van der Waals surface area contributed by atoms with Crippen LogP contribution in [0.15, 0.2) is 48.7 Å². The Morgan fingerprint density at radius 3 is 2.72 bits per heavy atom. The van der Waals surface area contributed by atoms with Gasteiger partial charge >= 0.3 is 0 Å². The van der Waals surface area contributed by atoms with Crippen LogP contribution in [0.1, 0.15) is 35.1 Å². The number of hydrogen-bond donors (Lipinski definition) is 1. The van der Waals surface area contributed by atoms with Gasteiger partial charge in [-0.3, -0.25) is 9.20 Å². The molecule has 0 aliphatic heterocycles. The molecule has 0 radical (unpaired) electrons. The Morgan fingerprint density at radius 2 is 2.00 bits per heavy atom. The molecule has 0 unspecified atom stereocenters. The molecule has 5 heteroatoms. The third-order valence-electron chi connectivity index (χ3n) is 4.14. The summed E-state index contributed by atoms with van der Waals surface area (Å²) in [6.45, 7) is 4.11. The number of nitrogens with zero attached hydrogens (tertiary/aromatic N) is 2. The maximum Gasteiger partial charge on any atom is 0.181 e. The van der Waals surface area contributed by atoms with Crippen LogP contribution < -0.4 is 4.74 Å². The molecule has 0 amide bonds. The fraction of sp³-hybridized carbons (Fsp3) is 0.300. The fourth-order valence-corrected chi connectivity index (χ4v) is 2.82. The Labute approximate surface area is 146 Å². The highest BCUT2D eigenvalue weighted by Gasteiger charge is 2.20. The standard InChI is InChI=1S/C20H22N2O3/c1-14(12-23)11-17(24)19-15(2)21-20-18(9-6-10-22(19)20)25-13-16-7-4-3-5-8-16/h3-10,14,23H,11-13H2,1-2H3/t14-/m1/s1. The zero-order valence-corrected chi connectivity index (χ0v) is 14.5. The number of carbonyl (C=O) groups excluding carboxylic acids is 1. The van der Waals surface area contributed by atoms with E-state index in [0.29, 0.717) is 35.8 Å². The summed E-state index contributed by atoms with van der Waals surface area (Å²) in [5.41, 5.74) is 2.93. The molecule has 0 saturated heterocycles. The van der Waals surface area contributed by atoms with E-state index in [0.717, 1.165) is 5.56 Å². The van der Waals surface area contributed by atoms with Crippen molar-refractivity contribution in [3.63, 3.8) is 0 Å². The van der Waals surface area contributed by atoms with Crippen LogP contribution in [0.2, 0.25) is 0 Å². The number of fused-ring (bicyclic) bond motifs is 1. The Kier molecular flexibility index (Phi) is 5.14. The van der Waals surface area contributed by atoms with Gasteiger partial charge in [0.15, 0.2) is 17.2 Å². The third-order valence-corrected chi connectivity index (χ3v) is 4.14. The summed E-state index contributed by atoms with van der Waals surface area (Å²) < 4.78 is 7.70. The van der Waals surface area contributed by atoms with E-state index in [4.69, 9.17) is 4.74 Å². The van der Waals surface area contributed by atoms with Crippen molar-refractivity contribution in [1.82, 2.24) is 9.38 Å². The number of ketones is 1. The predicted octanol–water partition coefficient (Wildman–Crippen LogP) is 3.42. The van der Waals surface area contributed by atoms with Crippen LogP contribution in [-0.4, -0.2) is 26.9 Å². The van der Waals surface area contributed by atoms with E-state index in [1.807, 2.05) is 62.5 Å². The molecule has 0 aliphatic rings. The lowest BCUT2D eigenvalue weighted by Crippen LogP contribution is -2.12. The summed E-state index contributed by atoms with van der Waals surface area (Å²) in [7, 11) is 0. The van der Waals surface area contributed by atoms with Gasteiger partial charge in [-0.05, 0) is 30.5 Å². The number of aryl methyl sites for hydroxylation is 1. The number of ether oxygens (including phenoxy) is 1. The van der Waals surface area contributed by atoms with Crippen molar-refractivity contribution in [1.29, 1.82) is 0 Å². The van der Waals surface area contributed by atoms with Gasteiger partial charge < -0.3 is 9.84 Å². The first-order valence-electron chi connectivity index (χ1n) is 8.38. The molecule has 2 aromatic heterocycles. The highest BCUT2D eigenvalue weighted by Crippen LogP contribution is 2.24. The number of pyridine rings is 1. The molecule has 1 atom stereocenters. The average molecular weight is 338 g/mol. The molecule has 1 N–H and O–H groups in total. The van der Waals surface area contributed by atoms with E-state index in [9.17, 15) is 9.90 Å². The maximum atomic E-state index is 12.6. The Bertz CT molecular complexity index is 871. The van der Waals surface area contributed by atoms with Crippen LogP contribution in [-0.2, 0) is 6.61 Å².